The van der Waals surface area contributed by atoms with Crippen molar-refractivity contribution in [2.75, 3.05) is 11.9 Å². The van der Waals surface area contributed by atoms with E-state index in [2.05, 4.69) is 46.7 Å². The van der Waals surface area contributed by atoms with Gasteiger partial charge in [0.15, 0.2) is 5.82 Å². The molecule has 4 rings (SSSR count). The number of carbonyl (C=O) groups is 1. The van der Waals surface area contributed by atoms with Gasteiger partial charge in [0.25, 0.3) is 5.91 Å². The van der Waals surface area contributed by atoms with Crippen LogP contribution in [0.25, 0.3) is 22.3 Å². The number of hydrogen-bond donors (Lipinski definition) is 3. The van der Waals surface area contributed by atoms with Gasteiger partial charge in [0.1, 0.15) is 0 Å². The highest BCUT2D eigenvalue weighted by Gasteiger charge is 2.23. The number of fused-ring (bicyclic) bond motifs is 1. The molecule has 2 heterocycles. The number of aromatic amines is 1. The first-order valence-corrected chi connectivity index (χ1v) is 10.3. The smallest absolute Gasteiger partial charge is 0.251 e. The zero-order valence-electron chi connectivity index (χ0n) is 18.4. The predicted molar refractivity (Wildman–Crippen MR) is 123 cm³/mol. The fourth-order valence-corrected chi connectivity index (χ4v) is 3.70. The van der Waals surface area contributed by atoms with Crippen LogP contribution >= 0.6 is 0 Å². The van der Waals surface area contributed by atoms with Crippen molar-refractivity contribution in [3.8, 4) is 11.4 Å². The van der Waals surface area contributed by atoms with Gasteiger partial charge in [-0.1, -0.05) is 32.9 Å². The van der Waals surface area contributed by atoms with Gasteiger partial charge in [-0.3, -0.25) is 9.89 Å². The second-order valence-corrected chi connectivity index (χ2v) is 8.51. The molecule has 160 valence electrons. The van der Waals surface area contributed by atoms with E-state index in [4.69, 9.17) is 4.98 Å². The summed E-state index contributed by atoms with van der Waals surface area (Å²) in [6.45, 7) is 9.03. The summed E-state index contributed by atoms with van der Waals surface area (Å²) in [5.41, 5.74) is 4.49. The Kier molecular flexibility index (Phi) is 5.22. The molecule has 2 aromatic carbocycles. The molecule has 0 atom stereocenters. The number of rotatable bonds is 5. The van der Waals surface area contributed by atoms with Crippen LogP contribution in [0.4, 0.5) is 11.6 Å². The number of nitrogens with one attached hydrogen (secondary N) is 3. The molecule has 8 heteroatoms. The minimum Gasteiger partial charge on any atom is -0.352 e. The first kappa shape index (κ1) is 20.6. The average Bonchev–Trinajstić information content (AvgIpc) is 3.34. The van der Waals surface area contributed by atoms with Crippen LogP contribution in [0.3, 0.4) is 0 Å². The number of aryl methyl sites for hydroxylation is 1. The number of nitrogens with zero attached hydrogens (tertiary/aromatic N) is 4. The Morgan fingerprint density at radius 2 is 1.87 bits per heavy atom. The molecule has 8 nitrogen and oxygen atoms in total. The molecular formula is C23H27N7O. The third-order valence-electron chi connectivity index (χ3n) is 5.13. The molecule has 0 unspecified atom stereocenters. The lowest BCUT2D eigenvalue weighted by Crippen LogP contribution is -2.22. The van der Waals surface area contributed by atoms with E-state index in [1.54, 1.807) is 16.8 Å². The monoisotopic (exact) mass is 417 g/mol. The molecular weight excluding hydrogens is 390 g/mol. The van der Waals surface area contributed by atoms with Gasteiger partial charge in [-0.25, -0.2) is 4.68 Å². The van der Waals surface area contributed by atoms with Gasteiger partial charge in [0.05, 0.1) is 11.7 Å². The van der Waals surface area contributed by atoms with E-state index in [9.17, 15) is 4.79 Å². The van der Waals surface area contributed by atoms with Crippen LogP contribution in [0.15, 0.2) is 42.6 Å². The molecule has 1 amide bonds. The first-order valence-electron chi connectivity index (χ1n) is 10.3. The number of H-pyrrole nitrogens is 1. The van der Waals surface area contributed by atoms with Gasteiger partial charge < -0.3 is 10.6 Å². The molecule has 0 radical (unpaired) electrons. The van der Waals surface area contributed by atoms with Crippen molar-refractivity contribution in [1.82, 2.24) is 30.3 Å². The standard InChI is InChI=1S/C23H27N7O/c1-6-24-21(31)15-9-7-14(8-10-15)20-27-22(30(5)29-20)26-18-12-11-17-16(13-25-28-17)19(18)23(2,3)4/h7-13H,6H2,1-5H3,(H,24,31)(H,25,28)(H,26,27,29). The topological polar surface area (TPSA) is 101 Å². The van der Waals surface area contributed by atoms with E-state index in [-0.39, 0.29) is 11.3 Å². The normalized spacial score (nSPS) is 11.6. The molecule has 31 heavy (non-hydrogen) atoms. The summed E-state index contributed by atoms with van der Waals surface area (Å²) < 4.78 is 1.72. The number of carbonyl (C=O) groups excluding carboxylic acids is 1. The van der Waals surface area contributed by atoms with Gasteiger partial charge in [-0.05, 0) is 42.2 Å². The van der Waals surface area contributed by atoms with Gasteiger partial charge in [-0.15, -0.1) is 5.10 Å². The zero-order valence-corrected chi connectivity index (χ0v) is 18.4. The van der Waals surface area contributed by atoms with Crippen molar-refractivity contribution < 1.29 is 4.79 Å². The van der Waals surface area contributed by atoms with Gasteiger partial charge in [0.2, 0.25) is 5.95 Å². The fraction of sp³-hybridized carbons (Fsp3) is 0.304. The summed E-state index contributed by atoms with van der Waals surface area (Å²) in [4.78, 5) is 16.7. The number of amides is 1. The van der Waals surface area contributed by atoms with Gasteiger partial charge in [0, 0.05) is 35.8 Å². The minimum atomic E-state index is -0.0952. The molecule has 0 aliphatic rings. The molecule has 0 bridgehead atoms. The Hall–Kier alpha value is -3.68. The molecule has 2 aromatic heterocycles. The van der Waals surface area contributed by atoms with Gasteiger partial charge in [-0.2, -0.15) is 10.1 Å². The van der Waals surface area contributed by atoms with E-state index < -0.39 is 0 Å². The van der Waals surface area contributed by atoms with Crippen LogP contribution in [-0.4, -0.2) is 37.4 Å². The van der Waals surface area contributed by atoms with Crippen LogP contribution in [0.2, 0.25) is 0 Å². The van der Waals surface area contributed by atoms with Crippen molar-refractivity contribution in [3.63, 3.8) is 0 Å². The summed E-state index contributed by atoms with van der Waals surface area (Å²) in [7, 11) is 1.86. The molecule has 4 aromatic rings. The Bertz CT molecular complexity index is 1230. The summed E-state index contributed by atoms with van der Waals surface area (Å²) >= 11 is 0. The number of anilines is 2. The SMILES string of the molecule is CCNC(=O)c1ccc(-c2nc(Nc3ccc4[nH]ncc4c3C(C)(C)C)n(C)n2)cc1. The highest BCUT2D eigenvalue weighted by Crippen LogP contribution is 2.36. The third kappa shape index (κ3) is 4.01. The van der Waals surface area contributed by atoms with E-state index in [0.717, 1.165) is 27.7 Å². The largest absolute Gasteiger partial charge is 0.352 e. The number of benzene rings is 2. The zero-order chi connectivity index (χ0) is 22.2. The second kappa shape index (κ2) is 7.86. The third-order valence-corrected chi connectivity index (χ3v) is 5.13. The van der Waals surface area contributed by atoms with Gasteiger partial charge >= 0.3 is 0 Å². The quantitative estimate of drug-likeness (QED) is 0.453. The van der Waals surface area contributed by atoms with Crippen molar-refractivity contribution in [2.45, 2.75) is 33.1 Å². The highest BCUT2D eigenvalue weighted by atomic mass is 16.1. The Morgan fingerprint density at radius 3 is 2.55 bits per heavy atom. The first-order chi connectivity index (χ1) is 14.8. The second-order valence-electron chi connectivity index (χ2n) is 8.51. The Morgan fingerprint density at radius 1 is 1.13 bits per heavy atom. The van der Waals surface area contributed by atoms with E-state index in [0.29, 0.717) is 23.9 Å². The lowest BCUT2D eigenvalue weighted by atomic mass is 9.83. The summed E-state index contributed by atoms with van der Waals surface area (Å²) in [5.74, 6) is 1.14. The molecule has 0 spiro atoms. The molecule has 0 aliphatic heterocycles. The number of aromatic nitrogens is 5. The van der Waals surface area contributed by atoms with Crippen LogP contribution in [0.1, 0.15) is 43.6 Å². The highest BCUT2D eigenvalue weighted by molar-refractivity contribution is 5.94. The van der Waals surface area contributed by atoms with Crippen molar-refractivity contribution >= 4 is 28.4 Å². The molecule has 0 fully saturated rings. The maximum absolute atomic E-state index is 12.0. The molecule has 3 N–H and O–H groups in total. The Labute approximate surface area is 181 Å². The number of hydrogen-bond acceptors (Lipinski definition) is 5. The Balaban J connectivity index is 1.66. The van der Waals surface area contributed by atoms with Crippen LogP contribution < -0.4 is 10.6 Å². The summed E-state index contributed by atoms with van der Waals surface area (Å²) in [6, 6.07) is 11.3. The van der Waals surface area contributed by atoms with Crippen LogP contribution in [-0.2, 0) is 12.5 Å². The van der Waals surface area contributed by atoms with E-state index in [1.807, 2.05) is 44.4 Å². The van der Waals surface area contributed by atoms with E-state index >= 15 is 0 Å². The maximum Gasteiger partial charge on any atom is 0.251 e. The summed E-state index contributed by atoms with van der Waals surface area (Å²) in [5, 5.41) is 19.1. The fourth-order valence-electron chi connectivity index (χ4n) is 3.70. The lowest BCUT2D eigenvalue weighted by Gasteiger charge is -2.24. The van der Waals surface area contributed by atoms with Crippen molar-refractivity contribution in [3.05, 3.63) is 53.7 Å². The average molecular weight is 418 g/mol. The van der Waals surface area contributed by atoms with Crippen LogP contribution in [0.5, 0.6) is 0 Å². The molecule has 0 aliphatic carbocycles. The maximum atomic E-state index is 12.0. The van der Waals surface area contributed by atoms with Crippen LogP contribution in [0, 0.1) is 0 Å². The van der Waals surface area contributed by atoms with E-state index in [1.165, 1.54) is 0 Å². The minimum absolute atomic E-state index is 0.0882. The lowest BCUT2D eigenvalue weighted by molar-refractivity contribution is 0.0956. The summed E-state index contributed by atoms with van der Waals surface area (Å²) in [6.07, 6.45) is 1.86. The van der Waals surface area contributed by atoms with Crippen molar-refractivity contribution in [1.29, 1.82) is 0 Å². The van der Waals surface area contributed by atoms with Crippen molar-refractivity contribution in [2.24, 2.45) is 7.05 Å². The molecule has 0 saturated carbocycles. The molecule has 0 saturated heterocycles. The predicted octanol–water partition coefficient (Wildman–Crippen LogP) is 4.15.